The average molecular weight is 407 g/mol. The molecule has 1 N–H and O–H groups in total. The maximum atomic E-state index is 9.94. The zero-order chi connectivity index (χ0) is 21.2. The first kappa shape index (κ1) is 22.3. The Morgan fingerprint density at radius 2 is 2.03 bits per heavy atom. The van der Waals surface area contributed by atoms with Crippen LogP contribution in [0.2, 0.25) is 0 Å². The molecule has 1 aromatic rings. The van der Waals surface area contributed by atoms with Crippen LogP contribution in [0.15, 0.2) is 53.6 Å². The van der Waals surface area contributed by atoms with Crippen molar-refractivity contribution in [1.29, 1.82) is 0 Å². The van der Waals surface area contributed by atoms with Gasteiger partial charge in [-0.1, -0.05) is 54.0 Å². The SMILES string of the molecule is CC(C)(O)C#CC1=CC(OCc2ccccc2)C/C1=C/C#CCOC1CCCCO1. The Morgan fingerprint density at radius 3 is 2.77 bits per heavy atom. The van der Waals surface area contributed by atoms with E-state index in [0.717, 1.165) is 42.6 Å². The normalized spacial score (nSPS) is 22.6. The highest BCUT2D eigenvalue weighted by Gasteiger charge is 2.21. The molecule has 1 aromatic carbocycles. The molecule has 30 heavy (non-hydrogen) atoms. The second-order valence-electron chi connectivity index (χ2n) is 8.03. The van der Waals surface area contributed by atoms with Gasteiger partial charge in [0.15, 0.2) is 6.29 Å². The van der Waals surface area contributed by atoms with E-state index >= 15 is 0 Å². The number of allylic oxidation sites excluding steroid dienone is 2. The number of rotatable bonds is 5. The zero-order valence-corrected chi connectivity index (χ0v) is 17.8. The molecule has 0 amide bonds. The lowest BCUT2D eigenvalue weighted by Crippen LogP contribution is -2.22. The minimum atomic E-state index is -1.05. The van der Waals surface area contributed by atoms with E-state index < -0.39 is 5.60 Å². The minimum Gasteiger partial charge on any atom is -0.378 e. The molecule has 1 aliphatic heterocycles. The van der Waals surface area contributed by atoms with E-state index in [4.69, 9.17) is 14.2 Å². The Bertz CT molecular complexity index is 863. The van der Waals surface area contributed by atoms with Crippen molar-refractivity contribution >= 4 is 0 Å². The second-order valence-corrected chi connectivity index (χ2v) is 8.03. The molecule has 0 spiro atoms. The van der Waals surface area contributed by atoms with E-state index in [1.165, 1.54) is 0 Å². The zero-order valence-electron chi connectivity index (χ0n) is 17.8. The van der Waals surface area contributed by atoms with Gasteiger partial charge >= 0.3 is 0 Å². The summed E-state index contributed by atoms with van der Waals surface area (Å²) < 4.78 is 17.2. The van der Waals surface area contributed by atoms with Gasteiger partial charge in [-0.3, -0.25) is 0 Å². The van der Waals surface area contributed by atoms with Gasteiger partial charge in [0.05, 0.1) is 12.7 Å². The van der Waals surface area contributed by atoms with Gasteiger partial charge in [0.1, 0.15) is 12.2 Å². The van der Waals surface area contributed by atoms with Gasteiger partial charge in [-0.05, 0) is 56.4 Å². The van der Waals surface area contributed by atoms with Crippen LogP contribution in [0.1, 0.15) is 45.1 Å². The largest absolute Gasteiger partial charge is 0.378 e. The highest BCUT2D eigenvalue weighted by atomic mass is 16.7. The average Bonchev–Trinajstić information content (AvgIpc) is 3.13. The summed E-state index contributed by atoms with van der Waals surface area (Å²) in [6.07, 6.45) is 7.59. The van der Waals surface area contributed by atoms with Crippen molar-refractivity contribution in [2.24, 2.45) is 0 Å². The van der Waals surface area contributed by atoms with Crippen LogP contribution in [0.25, 0.3) is 0 Å². The molecule has 1 saturated heterocycles. The van der Waals surface area contributed by atoms with E-state index in [-0.39, 0.29) is 12.4 Å². The number of hydrogen-bond acceptors (Lipinski definition) is 4. The smallest absolute Gasteiger partial charge is 0.158 e. The summed E-state index contributed by atoms with van der Waals surface area (Å²) >= 11 is 0. The molecule has 4 nitrogen and oxygen atoms in total. The van der Waals surface area contributed by atoms with Crippen molar-refractivity contribution < 1.29 is 19.3 Å². The molecule has 2 unspecified atom stereocenters. The van der Waals surface area contributed by atoms with Crippen molar-refractivity contribution in [2.75, 3.05) is 13.2 Å². The van der Waals surface area contributed by atoms with E-state index in [2.05, 4.69) is 23.7 Å². The third kappa shape index (κ3) is 7.82. The molecule has 0 bridgehead atoms. The van der Waals surface area contributed by atoms with Crippen molar-refractivity contribution in [3.8, 4) is 23.7 Å². The molecular formula is C26H30O4. The third-order valence-electron chi connectivity index (χ3n) is 4.76. The summed E-state index contributed by atoms with van der Waals surface area (Å²) in [4.78, 5) is 0. The summed E-state index contributed by atoms with van der Waals surface area (Å²) in [5.74, 6) is 12.1. The third-order valence-corrected chi connectivity index (χ3v) is 4.76. The lowest BCUT2D eigenvalue weighted by molar-refractivity contribution is -0.154. The quantitative estimate of drug-likeness (QED) is 0.747. The van der Waals surface area contributed by atoms with Gasteiger partial charge < -0.3 is 19.3 Å². The Balaban J connectivity index is 1.60. The molecule has 1 fully saturated rings. The molecule has 2 atom stereocenters. The topological polar surface area (TPSA) is 47.9 Å². The fourth-order valence-corrected chi connectivity index (χ4v) is 3.20. The van der Waals surface area contributed by atoms with Gasteiger partial charge in [0, 0.05) is 18.6 Å². The Kier molecular flexibility index (Phi) is 8.31. The fourth-order valence-electron chi connectivity index (χ4n) is 3.20. The van der Waals surface area contributed by atoms with Crippen molar-refractivity contribution in [3.63, 3.8) is 0 Å². The van der Waals surface area contributed by atoms with Crippen molar-refractivity contribution in [3.05, 3.63) is 59.2 Å². The molecule has 1 heterocycles. The Morgan fingerprint density at radius 1 is 1.20 bits per heavy atom. The Hall–Kier alpha value is -2.34. The van der Waals surface area contributed by atoms with Crippen molar-refractivity contribution in [2.45, 2.75) is 64.1 Å². The minimum absolute atomic E-state index is 0.0590. The van der Waals surface area contributed by atoms with Crippen LogP contribution >= 0.6 is 0 Å². The summed E-state index contributed by atoms with van der Waals surface area (Å²) in [7, 11) is 0. The fraction of sp³-hybridized carbons (Fsp3) is 0.462. The van der Waals surface area contributed by atoms with Crippen LogP contribution < -0.4 is 0 Å². The van der Waals surface area contributed by atoms with Crippen LogP contribution in [0, 0.1) is 23.7 Å². The monoisotopic (exact) mass is 406 g/mol. The number of hydrogen-bond donors (Lipinski definition) is 1. The van der Waals surface area contributed by atoms with Crippen molar-refractivity contribution in [1.82, 2.24) is 0 Å². The molecule has 158 valence electrons. The predicted molar refractivity (Wildman–Crippen MR) is 117 cm³/mol. The summed E-state index contributed by atoms with van der Waals surface area (Å²) in [6, 6.07) is 10.1. The van der Waals surface area contributed by atoms with Crippen LogP contribution in [0.5, 0.6) is 0 Å². The highest BCUT2D eigenvalue weighted by molar-refractivity contribution is 5.53. The molecule has 1 aliphatic carbocycles. The maximum Gasteiger partial charge on any atom is 0.158 e. The summed E-state index contributed by atoms with van der Waals surface area (Å²) in [5.41, 5.74) is 1.97. The van der Waals surface area contributed by atoms with Crippen LogP contribution in [-0.4, -0.2) is 36.3 Å². The first-order chi connectivity index (χ1) is 14.5. The van der Waals surface area contributed by atoms with Crippen LogP contribution in [0.3, 0.4) is 0 Å². The number of ether oxygens (including phenoxy) is 3. The van der Waals surface area contributed by atoms with Crippen LogP contribution in [0.4, 0.5) is 0 Å². The van der Waals surface area contributed by atoms with Gasteiger partial charge in [-0.25, -0.2) is 0 Å². The molecule has 0 saturated carbocycles. The molecule has 3 rings (SSSR count). The first-order valence-electron chi connectivity index (χ1n) is 10.5. The van der Waals surface area contributed by atoms with Crippen LogP contribution in [-0.2, 0) is 20.8 Å². The lowest BCUT2D eigenvalue weighted by atomic mass is 10.1. The second kappa shape index (κ2) is 11.2. The molecule has 4 heteroatoms. The van der Waals surface area contributed by atoms with Gasteiger partial charge in [-0.15, -0.1) is 0 Å². The number of aliphatic hydroxyl groups is 1. The first-order valence-corrected chi connectivity index (χ1v) is 10.5. The van der Waals surface area contributed by atoms with Gasteiger partial charge in [0.25, 0.3) is 0 Å². The lowest BCUT2D eigenvalue weighted by Gasteiger charge is -2.21. The molecule has 2 aliphatic rings. The highest BCUT2D eigenvalue weighted by Crippen LogP contribution is 2.27. The summed E-state index contributed by atoms with van der Waals surface area (Å²) in [5, 5.41) is 9.94. The van der Waals surface area contributed by atoms with E-state index in [9.17, 15) is 5.11 Å². The standard InChI is InChI=1S/C26H30O4/c1-26(2,27)15-14-23-19-24(30-20-21-10-4-3-5-11-21)18-22(23)12-6-8-16-28-25-13-7-9-17-29-25/h3-5,10-12,19,24-25,27H,7,9,13,16-18,20H2,1-2H3/b22-12-. The maximum absolute atomic E-state index is 9.94. The van der Waals surface area contributed by atoms with E-state index in [0.29, 0.717) is 19.6 Å². The number of benzene rings is 1. The van der Waals surface area contributed by atoms with E-state index in [1.54, 1.807) is 13.8 Å². The Labute approximate surface area is 179 Å². The van der Waals surface area contributed by atoms with Gasteiger partial charge in [0.2, 0.25) is 0 Å². The molecular weight excluding hydrogens is 376 g/mol. The van der Waals surface area contributed by atoms with Gasteiger partial charge in [-0.2, -0.15) is 0 Å². The molecule has 0 aromatic heterocycles. The molecule has 0 radical (unpaired) electrons. The van der Waals surface area contributed by atoms with E-state index in [1.807, 2.05) is 42.5 Å². The summed E-state index contributed by atoms with van der Waals surface area (Å²) in [6.45, 7) is 5.00. The predicted octanol–water partition coefficient (Wildman–Crippen LogP) is 4.15.